The van der Waals surface area contributed by atoms with Crippen LogP contribution in [0.4, 0.5) is 11.6 Å². The lowest BCUT2D eigenvalue weighted by Gasteiger charge is -2.36. The van der Waals surface area contributed by atoms with Gasteiger partial charge in [-0.25, -0.2) is 0 Å². The van der Waals surface area contributed by atoms with Crippen LogP contribution in [0.15, 0.2) is 36.4 Å². The van der Waals surface area contributed by atoms with Gasteiger partial charge in [-0.3, -0.25) is 9.69 Å². The topological polar surface area (TPSA) is 76.0 Å². The molecule has 1 amide bonds. The first kappa shape index (κ1) is 20.8. The number of piperazine rings is 2. The number of aromatic nitrogens is 2. The smallest absolute Gasteiger partial charge is 0.253 e. The third-order valence-corrected chi connectivity index (χ3v) is 5.98. The van der Waals surface area contributed by atoms with Crippen molar-refractivity contribution < 1.29 is 9.90 Å². The summed E-state index contributed by atoms with van der Waals surface area (Å²) in [5, 5.41) is 18.6. The number of nitrogens with zero attached hydrogens (tertiary/aromatic N) is 6. The van der Waals surface area contributed by atoms with Gasteiger partial charge < -0.3 is 19.8 Å². The van der Waals surface area contributed by atoms with E-state index in [-0.39, 0.29) is 12.5 Å². The van der Waals surface area contributed by atoms with Crippen LogP contribution < -0.4 is 9.80 Å². The molecule has 0 radical (unpaired) electrons. The summed E-state index contributed by atoms with van der Waals surface area (Å²) in [6, 6.07) is 11.1. The van der Waals surface area contributed by atoms with Crippen LogP contribution in [0.3, 0.4) is 0 Å². The molecular formula is C21H27ClN6O2. The first-order valence-corrected chi connectivity index (χ1v) is 10.7. The largest absolute Gasteiger partial charge is 0.395 e. The lowest BCUT2D eigenvalue weighted by atomic mass is 10.2. The van der Waals surface area contributed by atoms with E-state index in [1.165, 1.54) is 0 Å². The number of aliphatic hydroxyl groups is 1. The molecular weight excluding hydrogens is 404 g/mol. The average Bonchev–Trinajstić information content (AvgIpc) is 2.80. The van der Waals surface area contributed by atoms with E-state index < -0.39 is 0 Å². The molecule has 3 heterocycles. The molecule has 0 spiro atoms. The fraction of sp³-hybridized carbons (Fsp3) is 0.476. The van der Waals surface area contributed by atoms with Gasteiger partial charge in [-0.2, -0.15) is 0 Å². The van der Waals surface area contributed by atoms with Gasteiger partial charge in [-0.05, 0) is 36.4 Å². The van der Waals surface area contributed by atoms with Crippen LogP contribution >= 0.6 is 11.6 Å². The first-order chi connectivity index (χ1) is 14.6. The molecule has 0 aliphatic carbocycles. The molecule has 0 unspecified atom stereocenters. The van der Waals surface area contributed by atoms with E-state index in [0.29, 0.717) is 23.7 Å². The summed E-state index contributed by atoms with van der Waals surface area (Å²) in [6.07, 6.45) is 0. The van der Waals surface area contributed by atoms with E-state index in [2.05, 4.69) is 24.9 Å². The van der Waals surface area contributed by atoms with Crippen LogP contribution in [0, 0.1) is 0 Å². The van der Waals surface area contributed by atoms with Crippen molar-refractivity contribution in [3.8, 4) is 0 Å². The molecule has 2 aromatic rings. The van der Waals surface area contributed by atoms with E-state index in [9.17, 15) is 4.79 Å². The maximum atomic E-state index is 12.7. The van der Waals surface area contributed by atoms with E-state index >= 15 is 0 Å². The van der Waals surface area contributed by atoms with Crippen molar-refractivity contribution in [2.45, 2.75) is 0 Å². The van der Waals surface area contributed by atoms with E-state index in [1.807, 2.05) is 17.0 Å². The van der Waals surface area contributed by atoms with Gasteiger partial charge in [0.2, 0.25) is 0 Å². The Morgan fingerprint density at radius 1 is 0.833 bits per heavy atom. The number of benzene rings is 1. The zero-order chi connectivity index (χ0) is 20.9. The van der Waals surface area contributed by atoms with Gasteiger partial charge in [0, 0.05) is 69.5 Å². The molecule has 2 fully saturated rings. The third kappa shape index (κ3) is 4.83. The van der Waals surface area contributed by atoms with Crippen LogP contribution in [0.2, 0.25) is 5.02 Å². The molecule has 9 heteroatoms. The molecule has 4 rings (SSSR count). The van der Waals surface area contributed by atoms with Crippen LogP contribution in [0.5, 0.6) is 0 Å². The predicted molar refractivity (Wildman–Crippen MR) is 117 cm³/mol. The molecule has 2 saturated heterocycles. The van der Waals surface area contributed by atoms with Gasteiger partial charge in [0.15, 0.2) is 11.6 Å². The third-order valence-electron chi connectivity index (χ3n) is 5.73. The van der Waals surface area contributed by atoms with Crippen LogP contribution in [-0.2, 0) is 0 Å². The number of hydrogen-bond donors (Lipinski definition) is 1. The zero-order valence-electron chi connectivity index (χ0n) is 17.0. The minimum absolute atomic E-state index is 0.0353. The zero-order valence-corrected chi connectivity index (χ0v) is 17.7. The van der Waals surface area contributed by atoms with Crippen molar-refractivity contribution in [1.82, 2.24) is 20.0 Å². The van der Waals surface area contributed by atoms with Crippen molar-refractivity contribution >= 4 is 29.1 Å². The monoisotopic (exact) mass is 430 g/mol. The van der Waals surface area contributed by atoms with Crippen molar-refractivity contribution in [1.29, 1.82) is 0 Å². The Morgan fingerprint density at radius 3 is 1.87 bits per heavy atom. The van der Waals surface area contributed by atoms with Crippen molar-refractivity contribution in [3.05, 3.63) is 47.0 Å². The van der Waals surface area contributed by atoms with Crippen molar-refractivity contribution in [2.75, 3.05) is 75.3 Å². The standard InChI is InChI=1S/C21H27ClN6O2/c22-18-3-1-17(2-4-18)21(30)28-13-11-27(12-14-28)20-6-5-19(23-24-20)26-9-7-25(8-10-26)15-16-29/h1-6,29H,7-16H2. The fourth-order valence-electron chi connectivity index (χ4n) is 3.91. The minimum Gasteiger partial charge on any atom is -0.395 e. The Bertz CT molecular complexity index is 832. The molecule has 0 saturated carbocycles. The average molecular weight is 431 g/mol. The summed E-state index contributed by atoms with van der Waals surface area (Å²) in [4.78, 5) is 21.2. The lowest BCUT2D eigenvalue weighted by Crippen LogP contribution is -2.49. The molecule has 160 valence electrons. The summed E-state index contributed by atoms with van der Waals surface area (Å²) < 4.78 is 0. The Labute approximate surface area is 181 Å². The number of aliphatic hydroxyl groups excluding tert-OH is 1. The van der Waals surface area contributed by atoms with Gasteiger partial charge in [0.05, 0.1) is 6.61 Å². The maximum Gasteiger partial charge on any atom is 0.253 e. The minimum atomic E-state index is 0.0353. The molecule has 0 bridgehead atoms. The second kappa shape index (κ2) is 9.59. The quantitative estimate of drug-likeness (QED) is 0.764. The lowest BCUT2D eigenvalue weighted by molar-refractivity contribution is 0.0746. The molecule has 1 N–H and O–H groups in total. The molecule has 1 aromatic heterocycles. The number of rotatable bonds is 5. The van der Waals surface area contributed by atoms with Gasteiger partial charge in [-0.1, -0.05) is 11.6 Å². The highest BCUT2D eigenvalue weighted by Gasteiger charge is 2.24. The highest BCUT2D eigenvalue weighted by atomic mass is 35.5. The number of anilines is 2. The Morgan fingerprint density at radius 2 is 1.37 bits per heavy atom. The maximum absolute atomic E-state index is 12.7. The predicted octanol–water partition coefficient (Wildman–Crippen LogP) is 1.21. The highest BCUT2D eigenvalue weighted by Crippen LogP contribution is 2.19. The summed E-state index contributed by atoms with van der Waals surface area (Å²) in [5.74, 6) is 1.77. The number of amides is 1. The summed E-state index contributed by atoms with van der Waals surface area (Å²) in [7, 11) is 0. The van der Waals surface area contributed by atoms with Gasteiger partial charge in [-0.15, -0.1) is 10.2 Å². The molecule has 2 aliphatic rings. The number of hydrogen-bond acceptors (Lipinski definition) is 7. The van der Waals surface area contributed by atoms with Gasteiger partial charge in [0.25, 0.3) is 5.91 Å². The fourth-order valence-corrected chi connectivity index (χ4v) is 4.04. The normalized spacial score (nSPS) is 18.0. The number of carbonyl (C=O) groups is 1. The Kier molecular flexibility index (Phi) is 6.66. The van der Waals surface area contributed by atoms with E-state index in [1.54, 1.807) is 24.3 Å². The number of β-amino-alcohol motifs (C(OH)–C–C–N with tert-alkyl or cyclic N) is 1. The highest BCUT2D eigenvalue weighted by molar-refractivity contribution is 6.30. The summed E-state index contributed by atoms with van der Waals surface area (Å²) in [5.41, 5.74) is 0.663. The summed E-state index contributed by atoms with van der Waals surface area (Å²) >= 11 is 5.91. The second-order valence-electron chi connectivity index (χ2n) is 7.59. The van der Waals surface area contributed by atoms with Crippen molar-refractivity contribution in [3.63, 3.8) is 0 Å². The second-order valence-corrected chi connectivity index (χ2v) is 8.02. The molecule has 2 aliphatic heterocycles. The van der Waals surface area contributed by atoms with Gasteiger partial charge >= 0.3 is 0 Å². The van der Waals surface area contributed by atoms with Gasteiger partial charge in [0.1, 0.15) is 0 Å². The van der Waals surface area contributed by atoms with Crippen molar-refractivity contribution in [2.24, 2.45) is 0 Å². The molecule has 0 atom stereocenters. The Hall–Kier alpha value is -2.42. The van der Waals surface area contributed by atoms with Crippen LogP contribution in [0.25, 0.3) is 0 Å². The van der Waals surface area contributed by atoms with Crippen LogP contribution in [0.1, 0.15) is 10.4 Å². The number of carbonyl (C=O) groups excluding carboxylic acids is 1. The number of halogens is 1. The van der Waals surface area contributed by atoms with E-state index in [4.69, 9.17) is 16.7 Å². The summed E-state index contributed by atoms with van der Waals surface area (Å²) in [6.45, 7) is 7.31. The van der Waals surface area contributed by atoms with Crippen LogP contribution in [-0.4, -0.2) is 96.5 Å². The molecule has 8 nitrogen and oxygen atoms in total. The molecule has 1 aromatic carbocycles. The SMILES string of the molecule is O=C(c1ccc(Cl)cc1)N1CCN(c2ccc(N3CCN(CCO)CC3)nn2)CC1. The van der Waals surface area contributed by atoms with E-state index in [0.717, 1.165) is 57.4 Å². The Balaban J connectivity index is 1.30. The molecule has 30 heavy (non-hydrogen) atoms. The first-order valence-electron chi connectivity index (χ1n) is 10.4.